The molecule has 0 aliphatic carbocycles. The van der Waals surface area contributed by atoms with Crippen molar-refractivity contribution in [2.45, 2.75) is 12.8 Å². The summed E-state index contributed by atoms with van der Waals surface area (Å²) in [6, 6.07) is 0. The quantitative estimate of drug-likeness (QED) is 0.428. The minimum atomic E-state index is -0.0454. The van der Waals surface area contributed by atoms with Crippen LogP contribution in [0.4, 0.5) is 0 Å². The maximum atomic E-state index is 10.6. The van der Waals surface area contributed by atoms with E-state index in [2.05, 4.69) is 5.32 Å². The second-order valence-electron chi connectivity index (χ2n) is 1.97. The van der Waals surface area contributed by atoms with Crippen LogP contribution in [0.2, 0.25) is 0 Å². The summed E-state index contributed by atoms with van der Waals surface area (Å²) in [6.45, 7) is 1.03. The molecule has 0 aromatic heterocycles. The standard InChI is InChI=1S/C6H14N2O2/c7-3-2-6(10)8-4-1-5-9/h9H,1-5,7H2,(H,8,10). The zero-order valence-electron chi connectivity index (χ0n) is 5.97. The van der Waals surface area contributed by atoms with E-state index in [-0.39, 0.29) is 12.5 Å². The minimum Gasteiger partial charge on any atom is -0.396 e. The molecule has 0 saturated heterocycles. The zero-order chi connectivity index (χ0) is 7.82. The Morgan fingerprint density at radius 3 is 2.80 bits per heavy atom. The van der Waals surface area contributed by atoms with Crippen molar-refractivity contribution in [2.24, 2.45) is 5.73 Å². The molecule has 4 nitrogen and oxygen atoms in total. The third-order valence-electron chi connectivity index (χ3n) is 1.03. The van der Waals surface area contributed by atoms with Gasteiger partial charge in [0.25, 0.3) is 0 Å². The Hall–Kier alpha value is -0.610. The smallest absolute Gasteiger partial charge is 0.221 e. The fraction of sp³-hybridized carbons (Fsp3) is 0.833. The van der Waals surface area contributed by atoms with E-state index >= 15 is 0 Å². The van der Waals surface area contributed by atoms with Crippen molar-refractivity contribution < 1.29 is 9.90 Å². The number of nitrogens with two attached hydrogens (primary N) is 1. The molecule has 0 aromatic rings. The first kappa shape index (κ1) is 9.39. The lowest BCUT2D eigenvalue weighted by Gasteiger charge is -2.00. The van der Waals surface area contributed by atoms with Crippen molar-refractivity contribution in [3.63, 3.8) is 0 Å². The summed E-state index contributed by atoms with van der Waals surface area (Å²) in [7, 11) is 0. The maximum absolute atomic E-state index is 10.6. The molecule has 0 fully saturated rings. The van der Waals surface area contributed by atoms with Gasteiger partial charge in [0, 0.05) is 26.1 Å². The molecule has 0 saturated carbocycles. The topological polar surface area (TPSA) is 75.4 Å². The summed E-state index contributed by atoms with van der Waals surface area (Å²) < 4.78 is 0. The molecular weight excluding hydrogens is 132 g/mol. The normalized spacial score (nSPS) is 9.40. The van der Waals surface area contributed by atoms with E-state index in [0.717, 1.165) is 0 Å². The monoisotopic (exact) mass is 146 g/mol. The van der Waals surface area contributed by atoms with Crippen molar-refractivity contribution >= 4 is 5.91 Å². The molecule has 0 heterocycles. The van der Waals surface area contributed by atoms with Gasteiger partial charge in [0.15, 0.2) is 0 Å². The van der Waals surface area contributed by atoms with Crippen molar-refractivity contribution in [1.82, 2.24) is 5.32 Å². The van der Waals surface area contributed by atoms with Gasteiger partial charge in [-0.15, -0.1) is 0 Å². The molecule has 0 aliphatic rings. The number of aliphatic hydroxyl groups excluding tert-OH is 1. The second-order valence-corrected chi connectivity index (χ2v) is 1.97. The summed E-state index contributed by atoms with van der Waals surface area (Å²) in [5.74, 6) is -0.0454. The molecule has 0 aromatic carbocycles. The summed E-state index contributed by atoms with van der Waals surface area (Å²) in [5.41, 5.74) is 5.12. The van der Waals surface area contributed by atoms with Crippen LogP contribution in [-0.2, 0) is 4.79 Å². The Kier molecular flexibility index (Phi) is 6.11. The molecule has 0 rings (SSSR count). The van der Waals surface area contributed by atoms with E-state index in [1.165, 1.54) is 0 Å². The highest BCUT2D eigenvalue weighted by Crippen LogP contribution is 1.76. The number of carbonyl (C=O) groups is 1. The van der Waals surface area contributed by atoms with Gasteiger partial charge in [-0.1, -0.05) is 0 Å². The van der Waals surface area contributed by atoms with Gasteiger partial charge in [-0.25, -0.2) is 0 Å². The first-order chi connectivity index (χ1) is 4.81. The largest absolute Gasteiger partial charge is 0.396 e. The lowest BCUT2D eigenvalue weighted by atomic mass is 10.4. The van der Waals surface area contributed by atoms with Crippen LogP contribution in [0.5, 0.6) is 0 Å². The number of aliphatic hydroxyl groups is 1. The summed E-state index contributed by atoms with van der Waals surface area (Å²) in [5, 5.41) is 10.9. The van der Waals surface area contributed by atoms with Gasteiger partial charge in [0.1, 0.15) is 0 Å². The van der Waals surface area contributed by atoms with Gasteiger partial charge >= 0.3 is 0 Å². The first-order valence-electron chi connectivity index (χ1n) is 3.39. The van der Waals surface area contributed by atoms with Crippen LogP contribution >= 0.6 is 0 Å². The van der Waals surface area contributed by atoms with Crippen LogP contribution in [0.15, 0.2) is 0 Å². The predicted octanol–water partition coefficient (Wildman–Crippen LogP) is -1.17. The van der Waals surface area contributed by atoms with E-state index in [0.29, 0.717) is 25.9 Å². The average Bonchev–Trinajstić information content (AvgIpc) is 1.89. The highest BCUT2D eigenvalue weighted by atomic mass is 16.3. The van der Waals surface area contributed by atoms with Gasteiger partial charge in [-0.3, -0.25) is 4.79 Å². The van der Waals surface area contributed by atoms with Crippen molar-refractivity contribution in [2.75, 3.05) is 19.7 Å². The van der Waals surface area contributed by atoms with Crippen molar-refractivity contribution in [3.05, 3.63) is 0 Å². The first-order valence-corrected chi connectivity index (χ1v) is 3.39. The number of amides is 1. The van der Waals surface area contributed by atoms with Gasteiger partial charge in [0.2, 0.25) is 5.91 Å². The van der Waals surface area contributed by atoms with E-state index in [1.54, 1.807) is 0 Å². The number of hydrogen-bond acceptors (Lipinski definition) is 3. The molecule has 0 radical (unpaired) electrons. The molecule has 10 heavy (non-hydrogen) atoms. The summed E-state index contributed by atoms with van der Waals surface area (Å²) in [6.07, 6.45) is 0.974. The number of nitrogens with one attached hydrogen (secondary N) is 1. The molecular formula is C6H14N2O2. The molecule has 0 spiro atoms. The molecule has 0 unspecified atom stereocenters. The fourth-order valence-electron chi connectivity index (χ4n) is 0.526. The van der Waals surface area contributed by atoms with Crippen LogP contribution in [0.3, 0.4) is 0 Å². The zero-order valence-corrected chi connectivity index (χ0v) is 5.97. The maximum Gasteiger partial charge on any atom is 0.221 e. The van der Waals surface area contributed by atoms with E-state index in [4.69, 9.17) is 10.8 Å². The molecule has 0 atom stereocenters. The molecule has 4 N–H and O–H groups in total. The second kappa shape index (κ2) is 6.51. The van der Waals surface area contributed by atoms with Crippen molar-refractivity contribution in [3.8, 4) is 0 Å². The minimum absolute atomic E-state index is 0.0454. The van der Waals surface area contributed by atoms with E-state index in [9.17, 15) is 4.79 Å². The van der Waals surface area contributed by atoms with Crippen LogP contribution in [0.1, 0.15) is 12.8 Å². The number of hydrogen-bond donors (Lipinski definition) is 3. The van der Waals surface area contributed by atoms with Crippen LogP contribution in [-0.4, -0.2) is 30.7 Å². The van der Waals surface area contributed by atoms with Gasteiger partial charge in [0.05, 0.1) is 0 Å². The Bertz CT molecular complexity index is 95.7. The molecule has 60 valence electrons. The Morgan fingerprint density at radius 2 is 2.30 bits per heavy atom. The highest BCUT2D eigenvalue weighted by molar-refractivity contribution is 5.75. The number of carbonyl (C=O) groups excluding carboxylic acids is 1. The molecule has 1 amide bonds. The number of rotatable bonds is 5. The Balaban J connectivity index is 3.05. The third kappa shape index (κ3) is 5.53. The highest BCUT2D eigenvalue weighted by Gasteiger charge is 1.95. The van der Waals surface area contributed by atoms with Gasteiger partial charge in [-0.05, 0) is 6.42 Å². The predicted molar refractivity (Wildman–Crippen MR) is 38.4 cm³/mol. The lowest BCUT2D eigenvalue weighted by molar-refractivity contribution is -0.120. The third-order valence-corrected chi connectivity index (χ3v) is 1.03. The average molecular weight is 146 g/mol. The van der Waals surface area contributed by atoms with Crippen LogP contribution in [0.25, 0.3) is 0 Å². The van der Waals surface area contributed by atoms with Gasteiger partial charge in [-0.2, -0.15) is 0 Å². The van der Waals surface area contributed by atoms with Crippen LogP contribution < -0.4 is 11.1 Å². The van der Waals surface area contributed by atoms with Crippen LogP contribution in [0, 0.1) is 0 Å². The fourth-order valence-corrected chi connectivity index (χ4v) is 0.526. The van der Waals surface area contributed by atoms with Gasteiger partial charge < -0.3 is 16.2 Å². The SMILES string of the molecule is NCCC(=O)NCCCO. The van der Waals surface area contributed by atoms with E-state index < -0.39 is 0 Å². The lowest BCUT2D eigenvalue weighted by Crippen LogP contribution is -2.26. The van der Waals surface area contributed by atoms with Crippen molar-refractivity contribution in [1.29, 1.82) is 0 Å². The Morgan fingerprint density at radius 1 is 1.60 bits per heavy atom. The Labute approximate surface area is 60.4 Å². The molecule has 4 heteroatoms. The van der Waals surface area contributed by atoms with E-state index in [1.807, 2.05) is 0 Å². The molecule has 0 bridgehead atoms. The summed E-state index contributed by atoms with van der Waals surface area (Å²) in [4.78, 5) is 10.6. The molecule has 0 aliphatic heterocycles. The summed E-state index contributed by atoms with van der Waals surface area (Å²) >= 11 is 0.